The van der Waals surface area contributed by atoms with Crippen LogP contribution in [0.15, 0.2) is 0 Å². The molecule has 4 N–H and O–H groups in total. The van der Waals surface area contributed by atoms with Gasteiger partial charge in [-0.1, -0.05) is 0 Å². The van der Waals surface area contributed by atoms with E-state index >= 15 is 0 Å². The van der Waals surface area contributed by atoms with E-state index < -0.39 is 5.54 Å². The summed E-state index contributed by atoms with van der Waals surface area (Å²) in [5.74, 6) is -0.264. The summed E-state index contributed by atoms with van der Waals surface area (Å²) in [6.07, 6.45) is 0.791. The zero-order valence-electron chi connectivity index (χ0n) is 6.11. The van der Waals surface area contributed by atoms with Crippen LogP contribution in [0.25, 0.3) is 0 Å². The first kappa shape index (κ1) is 7.50. The van der Waals surface area contributed by atoms with Crippen molar-refractivity contribution >= 4 is 5.91 Å². The van der Waals surface area contributed by atoms with Crippen LogP contribution in [-0.2, 0) is 4.79 Å². The minimum Gasteiger partial charge on any atom is -0.368 e. The minimum atomic E-state index is -0.486. The molecule has 1 unspecified atom stereocenters. The average molecular weight is 143 g/mol. The summed E-state index contributed by atoms with van der Waals surface area (Å²) in [6.45, 7) is 1.52. The average Bonchev–Trinajstić information content (AvgIpc) is 2.35. The van der Waals surface area contributed by atoms with Crippen molar-refractivity contribution in [1.82, 2.24) is 10.6 Å². The van der Waals surface area contributed by atoms with E-state index in [0.717, 1.165) is 13.0 Å². The summed E-state index contributed by atoms with van der Waals surface area (Å²) >= 11 is 0. The van der Waals surface area contributed by atoms with Gasteiger partial charge >= 0.3 is 0 Å². The van der Waals surface area contributed by atoms with Gasteiger partial charge in [0.1, 0.15) is 5.54 Å². The van der Waals surface area contributed by atoms with Crippen LogP contribution in [0.4, 0.5) is 0 Å². The molecule has 0 aromatic rings. The van der Waals surface area contributed by atoms with E-state index in [0.29, 0.717) is 6.54 Å². The van der Waals surface area contributed by atoms with Gasteiger partial charge in [-0.3, -0.25) is 4.79 Å². The van der Waals surface area contributed by atoms with E-state index in [-0.39, 0.29) is 5.91 Å². The SMILES string of the molecule is CNC1(C(N)=O)CCNC1. The summed E-state index contributed by atoms with van der Waals surface area (Å²) in [5, 5.41) is 6.02. The topological polar surface area (TPSA) is 67.1 Å². The summed E-state index contributed by atoms with van der Waals surface area (Å²) in [7, 11) is 1.76. The van der Waals surface area contributed by atoms with E-state index in [1.54, 1.807) is 7.05 Å². The Labute approximate surface area is 60.2 Å². The van der Waals surface area contributed by atoms with Crippen molar-refractivity contribution < 1.29 is 4.79 Å². The Balaban J connectivity index is 2.67. The van der Waals surface area contributed by atoms with Gasteiger partial charge in [0.15, 0.2) is 0 Å². The molecule has 1 aliphatic heterocycles. The molecule has 10 heavy (non-hydrogen) atoms. The molecule has 0 radical (unpaired) electrons. The Kier molecular flexibility index (Phi) is 1.92. The van der Waals surface area contributed by atoms with Crippen molar-refractivity contribution in [1.29, 1.82) is 0 Å². The minimum absolute atomic E-state index is 0.264. The van der Waals surface area contributed by atoms with Crippen LogP contribution in [0, 0.1) is 0 Å². The number of amides is 1. The van der Waals surface area contributed by atoms with Gasteiger partial charge in [0, 0.05) is 6.54 Å². The predicted octanol–water partition coefficient (Wildman–Crippen LogP) is -1.58. The summed E-state index contributed by atoms with van der Waals surface area (Å²) < 4.78 is 0. The first-order valence-electron chi connectivity index (χ1n) is 3.41. The highest BCUT2D eigenvalue weighted by Crippen LogP contribution is 2.12. The van der Waals surface area contributed by atoms with Crippen LogP contribution < -0.4 is 16.4 Å². The van der Waals surface area contributed by atoms with Crippen LogP contribution in [0.5, 0.6) is 0 Å². The Morgan fingerprint density at radius 3 is 2.70 bits per heavy atom. The molecule has 0 aliphatic carbocycles. The number of hydrogen-bond donors (Lipinski definition) is 3. The highest BCUT2D eigenvalue weighted by molar-refractivity contribution is 5.85. The smallest absolute Gasteiger partial charge is 0.239 e. The van der Waals surface area contributed by atoms with Gasteiger partial charge in [-0.05, 0) is 20.0 Å². The Bertz CT molecular complexity index is 140. The van der Waals surface area contributed by atoms with E-state index in [9.17, 15) is 4.79 Å². The van der Waals surface area contributed by atoms with E-state index in [4.69, 9.17) is 5.73 Å². The molecule has 0 saturated carbocycles. The Morgan fingerprint density at radius 1 is 1.80 bits per heavy atom. The molecule has 58 valence electrons. The summed E-state index contributed by atoms with van der Waals surface area (Å²) in [6, 6.07) is 0. The normalized spacial score (nSPS) is 32.5. The van der Waals surface area contributed by atoms with Crippen molar-refractivity contribution in [3.63, 3.8) is 0 Å². The second-order valence-electron chi connectivity index (χ2n) is 2.62. The zero-order valence-corrected chi connectivity index (χ0v) is 6.11. The molecule has 4 heteroatoms. The lowest BCUT2D eigenvalue weighted by Gasteiger charge is -2.22. The fraction of sp³-hybridized carbons (Fsp3) is 0.833. The third kappa shape index (κ3) is 0.998. The van der Waals surface area contributed by atoms with Crippen molar-refractivity contribution in [2.24, 2.45) is 5.73 Å². The third-order valence-electron chi connectivity index (χ3n) is 2.11. The van der Waals surface area contributed by atoms with Gasteiger partial charge < -0.3 is 16.4 Å². The van der Waals surface area contributed by atoms with Crippen LogP contribution in [0.2, 0.25) is 0 Å². The molecule has 1 fully saturated rings. The van der Waals surface area contributed by atoms with Gasteiger partial charge in [0.05, 0.1) is 0 Å². The van der Waals surface area contributed by atoms with Gasteiger partial charge in [-0.25, -0.2) is 0 Å². The number of likely N-dealkylation sites (N-methyl/N-ethyl adjacent to an activating group) is 1. The van der Waals surface area contributed by atoms with E-state index in [1.807, 2.05) is 0 Å². The van der Waals surface area contributed by atoms with E-state index in [1.165, 1.54) is 0 Å². The van der Waals surface area contributed by atoms with Crippen LogP contribution in [0.3, 0.4) is 0 Å². The molecule has 1 saturated heterocycles. The molecule has 1 amide bonds. The van der Waals surface area contributed by atoms with Crippen molar-refractivity contribution in [2.75, 3.05) is 20.1 Å². The van der Waals surface area contributed by atoms with Gasteiger partial charge in [0.25, 0.3) is 0 Å². The molecule has 0 aromatic heterocycles. The van der Waals surface area contributed by atoms with Gasteiger partial charge in [0.2, 0.25) is 5.91 Å². The maximum Gasteiger partial charge on any atom is 0.239 e. The number of rotatable bonds is 2. The van der Waals surface area contributed by atoms with Gasteiger partial charge in [-0.15, -0.1) is 0 Å². The second kappa shape index (κ2) is 2.56. The lowest BCUT2D eigenvalue weighted by molar-refractivity contribution is -0.123. The fourth-order valence-electron chi connectivity index (χ4n) is 1.24. The number of carbonyl (C=O) groups is 1. The second-order valence-corrected chi connectivity index (χ2v) is 2.62. The maximum atomic E-state index is 10.9. The number of carbonyl (C=O) groups excluding carboxylic acids is 1. The fourth-order valence-corrected chi connectivity index (χ4v) is 1.24. The van der Waals surface area contributed by atoms with Crippen LogP contribution >= 0.6 is 0 Å². The molecule has 1 heterocycles. The van der Waals surface area contributed by atoms with Crippen molar-refractivity contribution in [3.05, 3.63) is 0 Å². The molecule has 0 aromatic carbocycles. The summed E-state index contributed by atoms with van der Waals surface area (Å²) in [4.78, 5) is 10.9. The Hall–Kier alpha value is -0.610. The Morgan fingerprint density at radius 2 is 2.50 bits per heavy atom. The largest absolute Gasteiger partial charge is 0.368 e. The third-order valence-corrected chi connectivity index (χ3v) is 2.11. The molecule has 1 atom stereocenters. The molecule has 0 bridgehead atoms. The van der Waals surface area contributed by atoms with Gasteiger partial charge in [-0.2, -0.15) is 0 Å². The molecule has 1 aliphatic rings. The number of nitrogens with one attached hydrogen (secondary N) is 2. The monoisotopic (exact) mass is 143 g/mol. The van der Waals surface area contributed by atoms with Crippen molar-refractivity contribution in [3.8, 4) is 0 Å². The number of hydrogen-bond acceptors (Lipinski definition) is 3. The highest BCUT2D eigenvalue weighted by Gasteiger charge is 2.37. The molecule has 0 spiro atoms. The highest BCUT2D eigenvalue weighted by atomic mass is 16.1. The number of primary amides is 1. The lowest BCUT2D eigenvalue weighted by atomic mass is 9.98. The lowest BCUT2D eigenvalue weighted by Crippen LogP contribution is -2.55. The molecule has 1 rings (SSSR count). The van der Waals surface area contributed by atoms with Crippen LogP contribution in [0.1, 0.15) is 6.42 Å². The standard InChI is InChI=1S/C6H13N3O/c1-8-6(5(7)10)2-3-9-4-6/h8-9H,2-4H2,1H3,(H2,7,10). The maximum absolute atomic E-state index is 10.9. The first-order valence-corrected chi connectivity index (χ1v) is 3.41. The van der Waals surface area contributed by atoms with Crippen molar-refractivity contribution in [2.45, 2.75) is 12.0 Å². The molecular formula is C6H13N3O. The predicted molar refractivity (Wildman–Crippen MR) is 38.5 cm³/mol. The molecular weight excluding hydrogens is 130 g/mol. The van der Waals surface area contributed by atoms with E-state index in [2.05, 4.69) is 10.6 Å². The summed E-state index contributed by atoms with van der Waals surface area (Å²) in [5.41, 5.74) is 4.72. The molecule has 4 nitrogen and oxygen atoms in total. The quantitative estimate of drug-likeness (QED) is 0.437. The first-order chi connectivity index (χ1) is 4.71. The zero-order chi connectivity index (χ0) is 7.61. The number of nitrogens with two attached hydrogens (primary N) is 1. The van der Waals surface area contributed by atoms with Crippen LogP contribution in [-0.4, -0.2) is 31.6 Å².